The van der Waals surface area contributed by atoms with Gasteiger partial charge in [0.15, 0.2) is 0 Å². The molecular weight excluding hydrogens is 286 g/mol. The van der Waals surface area contributed by atoms with E-state index in [0.717, 1.165) is 23.5 Å². The van der Waals surface area contributed by atoms with Crippen LogP contribution in [0.2, 0.25) is 0 Å². The molecule has 1 spiro atoms. The smallest absolute Gasteiger partial charge is 0.238 e. The van der Waals surface area contributed by atoms with Gasteiger partial charge in [0, 0.05) is 29.3 Å². The number of nitrogens with two attached hydrogens (primary N) is 1. The Balaban J connectivity index is 1.82. The molecule has 3 N–H and O–H groups in total. The van der Waals surface area contributed by atoms with E-state index in [4.69, 9.17) is 5.14 Å². The lowest BCUT2D eigenvalue weighted by Gasteiger charge is -2.09. The summed E-state index contributed by atoms with van der Waals surface area (Å²) in [6.45, 7) is 0.954. The zero-order valence-corrected chi connectivity index (χ0v) is 12.2. The highest BCUT2D eigenvalue weighted by Gasteiger charge is 2.49. The maximum Gasteiger partial charge on any atom is 0.238 e. The number of primary sulfonamides is 1. The summed E-state index contributed by atoms with van der Waals surface area (Å²) in [5.74, 6) is 0.957. The fraction of sp³-hybridized carbons (Fsp3) is 0.267. The number of nitrogens with one attached hydrogen (secondary N) is 1. The van der Waals surface area contributed by atoms with Gasteiger partial charge < -0.3 is 5.32 Å². The minimum atomic E-state index is -3.69. The van der Waals surface area contributed by atoms with Crippen LogP contribution in [0.15, 0.2) is 41.4 Å². The van der Waals surface area contributed by atoms with Crippen molar-refractivity contribution in [3.8, 4) is 11.1 Å². The predicted molar refractivity (Wildman–Crippen MR) is 80.4 cm³/mol. The average Bonchev–Trinajstić information content (AvgIpc) is 3.16. The summed E-state index contributed by atoms with van der Waals surface area (Å²) in [6.07, 6.45) is 4.15. The molecule has 0 bridgehead atoms. The number of anilines is 1. The third-order valence-electron chi connectivity index (χ3n) is 4.40. The fourth-order valence-corrected chi connectivity index (χ4v) is 3.53. The van der Waals surface area contributed by atoms with Gasteiger partial charge in [0.1, 0.15) is 5.82 Å². The van der Waals surface area contributed by atoms with Crippen molar-refractivity contribution >= 4 is 15.8 Å². The number of rotatable bonds is 2. The first-order valence-electron chi connectivity index (χ1n) is 6.86. The second kappa shape index (κ2) is 4.05. The quantitative estimate of drug-likeness (QED) is 0.886. The Kier molecular flexibility index (Phi) is 2.47. The van der Waals surface area contributed by atoms with Gasteiger partial charge in [-0.2, -0.15) is 0 Å². The van der Waals surface area contributed by atoms with Crippen molar-refractivity contribution in [1.29, 1.82) is 0 Å². The molecule has 1 aliphatic carbocycles. The highest BCUT2D eigenvalue weighted by Crippen LogP contribution is 2.54. The van der Waals surface area contributed by atoms with Gasteiger partial charge in [-0.05, 0) is 36.6 Å². The summed E-state index contributed by atoms with van der Waals surface area (Å²) >= 11 is 0. The second-order valence-corrected chi connectivity index (χ2v) is 7.39. The normalized spacial score (nSPS) is 18.3. The van der Waals surface area contributed by atoms with Gasteiger partial charge in [0.05, 0.1) is 4.90 Å². The zero-order chi connectivity index (χ0) is 14.7. The molecule has 0 atom stereocenters. The lowest BCUT2D eigenvalue weighted by atomic mass is 9.97. The number of sulfonamides is 1. The first kappa shape index (κ1) is 12.8. The maximum absolute atomic E-state index is 11.5. The number of benzene rings is 1. The van der Waals surface area contributed by atoms with E-state index in [2.05, 4.69) is 16.4 Å². The molecule has 1 aliphatic heterocycles. The van der Waals surface area contributed by atoms with E-state index < -0.39 is 10.0 Å². The molecule has 0 unspecified atom stereocenters. The molecule has 6 heteroatoms. The molecule has 1 aromatic heterocycles. The summed E-state index contributed by atoms with van der Waals surface area (Å²) < 4.78 is 22.9. The minimum Gasteiger partial charge on any atom is -0.369 e. The molecule has 0 radical (unpaired) electrons. The molecular formula is C15H15N3O2S. The summed E-state index contributed by atoms with van der Waals surface area (Å²) in [7, 11) is -3.69. The van der Waals surface area contributed by atoms with E-state index in [9.17, 15) is 8.42 Å². The van der Waals surface area contributed by atoms with Crippen LogP contribution in [0.4, 0.5) is 5.82 Å². The van der Waals surface area contributed by atoms with Crippen molar-refractivity contribution in [3.63, 3.8) is 0 Å². The third kappa shape index (κ3) is 2.02. The van der Waals surface area contributed by atoms with Gasteiger partial charge >= 0.3 is 0 Å². The van der Waals surface area contributed by atoms with E-state index >= 15 is 0 Å². The van der Waals surface area contributed by atoms with E-state index in [1.807, 2.05) is 6.07 Å². The lowest BCUT2D eigenvalue weighted by Crippen LogP contribution is -2.12. The molecule has 4 rings (SSSR count). The van der Waals surface area contributed by atoms with E-state index in [-0.39, 0.29) is 10.3 Å². The van der Waals surface area contributed by atoms with Gasteiger partial charge in [-0.1, -0.05) is 12.1 Å². The van der Waals surface area contributed by atoms with Gasteiger partial charge in [-0.25, -0.2) is 18.5 Å². The SMILES string of the molecule is NS(=O)(=O)c1cccc(-c2cnc3c(c2)C2(CC2)CN3)c1. The molecule has 0 saturated heterocycles. The first-order valence-corrected chi connectivity index (χ1v) is 8.40. The van der Waals surface area contributed by atoms with Crippen LogP contribution < -0.4 is 10.5 Å². The van der Waals surface area contributed by atoms with Crippen LogP contribution in [0.25, 0.3) is 11.1 Å². The summed E-state index contributed by atoms with van der Waals surface area (Å²) in [4.78, 5) is 4.60. The van der Waals surface area contributed by atoms with E-state index in [0.29, 0.717) is 0 Å². The fourth-order valence-electron chi connectivity index (χ4n) is 2.97. The van der Waals surface area contributed by atoms with Crippen molar-refractivity contribution in [2.75, 3.05) is 11.9 Å². The molecule has 108 valence electrons. The Labute approximate surface area is 123 Å². The largest absolute Gasteiger partial charge is 0.369 e. The molecule has 21 heavy (non-hydrogen) atoms. The van der Waals surface area contributed by atoms with Crippen LogP contribution in [-0.2, 0) is 15.4 Å². The molecule has 5 nitrogen and oxygen atoms in total. The summed E-state index contributed by atoms with van der Waals surface area (Å²) in [6, 6.07) is 8.80. The third-order valence-corrected chi connectivity index (χ3v) is 5.31. The lowest BCUT2D eigenvalue weighted by molar-refractivity contribution is 0.598. The molecule has 2 aromatic rings. The maximum atomic E-state index is 11.5. The van der Waals surface area contributed by atoms with Crippen molar-refractivity contribution < 1.29 is 8.42 Å². The number of hydrogen-bond donors (Lipinski definition) is 2. The molecule has 1 saturated carbocycles. The van der Waals surface area contributed by atoms with E-state index in [1.54, 1.807) is 18.3 Å². The van der Waals surface area contributed by atoms with Gasteiger partial charge in [0.25, 0.3) is 0 Å². The topological polar surface area (TPSA) is 85.1 Å². The van der Waals surface area contributed by atoms with Gasteiger partial charge in [-0.15, -0.1) is 0 Å². The molecule has 0 amide bonds. The highest BCUT2D eigenvalue weighted by molar-refractivity contribution is 7.89. The first-order chi connectivity index (χ1) is 9.98. The Morgan fingerprint density at radius 1 is 1.19 bits per heavy atom. The average molecular weight is 301 g/mol. The number of hydrogen-bond acceptors (Lipinski definition) is 4. The molecule has 2 heterocycles. The van der Waals surface area contributed by atoms with Crippen LogP contribution in [0.1, 0.15) is 18.4 Å². The van der Waals surface area contributed by atoms with Crippen LogP contribution in [-0.4, -0.2) is 19.9 Å². The molecule has 2 aliphatic rings. The molecule has 1 fully saturated rings. The monoisotopic (exact) mass is 301 g/mol. The Bertz CT molecular complexity index is 842. The summed E-state index contributed by atoms with van der Waals surface area (Å²) in [5.41, 5.74) is 3.25. The Morgan fingerprint density at radius 2 is 2.00 bits per heavy atom. The predicted octanol–water partition coefficient (Wildman–Crippen LogP) is 1.85. The van der Waals surface area contributed by atoms with Crippen LogP contribution in [0.3, 0.4) is 0 Å². The van der Waals surface area contributed by atoms with Crippen molar-refractivity contribution in [2.24, 2.45) is 5.14 Å². The van der Waals surface area contributed by atoms with Gasteiger partial charge in [-0.3, -0.25) is 0 Å². The highest BCUT2D eigenvalue weighted by atomic mass is 32.2. The minimum absolute atomic E-state index is 0.125. The zero-order valence-electron chi connectivity index (χ0n) is 11.3. The number of aromatic nitrogens is 1. The Morgan fingerprint density at radius 3 is 2.71 bits per heavy atom. The molecule has 1 aromatic carbocycles. The number of pyridine rings is 1. The van der Waals surface area contributed by atoms with Crippen LogP contribution in [0, 0.1) is 0 Å². The van der Waals surface area contributed by atoms with Crippen molar-refractivity contribution in [2.45, 2.75) is 23.2 Å². The standard InChI is InChI=1S/C15H15N3O2S/c16-21(19,20)12-3-1-2-10(6-12)11-7-13-14(17-8-11)18-9-15(13)4-5-15/h1-3,6-8H,4-5,9H2,(H,17,18)(H2,16,19,20). The van der Waals surface area contributed by atoms with Crippen LogP contribution in [0.5, 0.6) is 0 Å². The number of nitrogens with zero attached hydrogens (tertiary/aromatic N) is 1. The Hall–Kier alpha value is -1.92. The van der Waals surface area contributed by atoms with Crippen molar-refractivity contribution in [3.05, 3.63) is 42.1 Å². The van der Waals surface area contributed by atoms with Crippen molar-refractivity contribution in [1.82, 2.24) is 4.98 Å². The second-order valence-electron chi connectivity index (χ2n) is 5.83. The van der Waals surface area contributed by atoms with Crippen LogP contribution >= 0.6 is 0 Å². The van der Waals surface area contributed by atoms with Gasteiger partial charge in [0.2, 0.25) is 10.0 Å². The van der Waals surface area contributed by atoms with E-state index in [1.165, 1.54) is 24.5 Å². The summed E-state index contributed by atoms with van der Waals surface area (Å²) in [5, 5.41) is 8.53. The number of fused-ring (bicyclic) bond motifs is 2.